The predicted molar refractivity (Wildman–Crippen MR) is 181 cm³/mol. The minimum Gasteiger partial charge on any atom is -0.507 e. The van der Waals surface area contributed by atoms with Crippen molar-refractivity contribution in [3.8, 4) is 11.5 Å². The molecule has 1 fully saturated rings. The van der Waals surface area contributed by atoms with Gasteiger partial charge in [0.05, 0.1) is 18.2 Å². The van der Waals surface area contributed by atoms with E-state index in [1.165, 1.54) is 38.9 Å². The van der Waals surface area contributed by atoms with Gasteiger partial charge in [-0.05, 0) is 71.1 Å². The molecule has 232 valence electrons. The minimum absolute atomic E-state index is 0.00952. The van der Waals surface area contributed by atoms with E-state index in [1.807, 2.05) is 62.4 Å². The molecule has 0 saturated carbocycles. The van der Waals surface area contributed by atoms with Crippen LogP contribution in [0.4, 0.5) is 5.13 Å². The molecule has 1 aromatic heterocycles. The molecule has 2 aliphatic heterocycles. The summed E-state index contributed by atoms with van der Waals surface area (Å²) in [6.45, 7) is 4.52. The summed E-state index contributed by atoms with van der Waals surface area (Å²) in [4.78, 5) is 28.9. The molecular weight excluding hydrogens is 619 g/mol. The summed E-state index contributed by atoms with van der Waals surface area (Å²) in [5, 5.41) is 23.1. The summed E-state index contributed by atoms with van der Waals surface area (Å²) in [7, 11) is 0. The number of fused-ring (bicyclic) bond motifs is 2. The monoisotopic (exact) mass is 649 g/mol. The van der Waals surface area contributed by atoms with Crippen molar-refractivity contribution < 1.29 is 24.2 Å². The quantitative estimate of drug-likeness (QED) is 0.0570. The Bertz CT molecular complexity index is 2000. The van der Waals surface area contributed by atoms with E-state index in [2.05, 4.69) is 34.5 Å². The molecule has 46 heavy (non-hydrogen) atoms. The normalized spacial score (nSPS) is 18.6. The van der Waals surface area contributed by atoms with Gasteiger partial charge in [-0.15, -0.1) is 10.2 Å². The molecule has 8 nitrogen and oxygen atoms in total. The Morgan fingerprint density at radius 2 is 1.87 bits per heavy atom. The largest absolute Gasteiger partial charge is 0.507 e. The van der Waals surface area contributed by atoms with Gasteiger partial charge in [-0.25, -0.2) is 0 Å². The van der Waals surface area contributed by atoms with E-state index in [1.54, 1.807) is 12.1 Å². The third-order valence-electron chi connectivity index (χ3n) is 8.09. The number of benzene rings is 4. The van der Waals surface area contributed by atoms with Gasteiger partial charge in [-0.2, -0.15) is 0 Å². The molecule has 0 spiro atoms. The number of nitrogens with zero attached hydrogens (tertiary/aromatic N) is 3. The van der Waals surface area contributed by atoms with Gasteiger partial charge >= 0.3 is 5.91 Å². The van der Waals surface area contributed by atoms with Crippen LogP contribution in [0.25, 0.3) is 16.5 Å². The second-order valence-corrected chi connectivity index (χ2v) is 13.5. The highest BCUT2D eigenvalue weighted by atomic mass is 32.2. The second-order valence-electron chi connectivity index (χ2n) is 11.3. The SMILES string of the molecule is CCCOc1cccc([C@H]2/C(=C(\O)c3ccc4c(c3)C[C@H](C)O4)C(=O)C(=O)N2c2nnc(SCc3cccc4ccccc34)s2)c1. The predicted octanol–water partition coefficient (Wildman–Crippen LogP) is 7.72. The van der Waals surface area contributed by atoms with E-state index in [-0.39, 0.29) is 22.6 Å². The van der Waals surface area contributed by atoms with Crippen LogP contribution in [0, 0.1) is 0 Å². The Kier molecular flexibility index (Phi) is 8.23. The van der Waals surface area contributed by atoms with Crippen molar-refractivity contribution in [1.82, 2.24) is 10.2 Å². The number of thioether (sulfide) groups is 1. The van der Waals surface area contributed by atoms with Crippen molar-refractivity contribution in [2.45, 2.75) is 48.9 Å². The number of ketones is 1. The smallest absolute Gasteiger partial charge is 0.301 e. The molecular formula is C36H31N3O5S2. The fraction of sp³-hybridized carbons (Fsp3) is 0.222. The molecule has 0 aliphatic carbocycles. The van der Waals surface area contributed by atoms with Crippen molar-refractivity contribution in [3.63, 3.8) is 0 Å². The number of Topliss-reactive ketones (excluding diaryl/α,β-unsaturated/α-hetero) is 1. The Balaban J connectivity index is 1.26. The van der Waals surface area contributed by atoms with Crippen LogP contribution < -0.4 is 14.4 Å². The van der Waals surface area contributed by atoms with Crippen molar-refractivity contribution >= 4 is 56.5 Å². The highest BCUT2D eigenvalue weighted by Gasteiger charge is 2.48. The maximum Gasteiger partial charge on any atom is 0.301 e. The van der Waals surface area contributed by atoms with Crippen LogP contribution in [0.5, 0.6) is 11.5 Å². The molecule has 1 N–H and O–H groups in total. The molecule has 1 amide bonds. The lowest BCUT2D eigenvalue weighted by molar-refractivity contribution is -0.132. The number of hydrogen-bond acceptors (Lipinski definition) is 9. The third-order valence-corrected chi connectivity index (χ3v) is 10.2. The lowest BCUT2D eigenvalue weighted by Crippen LogP contribution is -2.29. The summed E-state index contributed by atoms with van der Waals surface area (Å²) in [5.41, 5.74) is 3.16. The van der Waals surface area contributed by atoms with Gasteiger partial charge in [0.25, 0.3) is 5.78 Å². The van der Waals surface area contributed by atoms with Gasteiger partial charge in [0.15, 0.2) is 4.34 Å². The highest BCUT2D eigenvalue weighted by Crippen LogP contribution is 2.45. The number of aliphatic hydroxyl groups is 1. The zero-order chi connectivity index (χ0) is 31.8. The summed E-state index contributed by atoms with van der Waals surface area (Å²) in [5.74, 6) is 0.221. The Hall–Kier alpha value is -4.67. The topological polar surface area (TPSA) is 102 Å². The fourth-order valence-corrected chi connectivity index (χ4v) is 7.85. The molecule has 0 unspecified atom stereocenters. The van der Waals surface area contributed by atoms with Crippen molar-refractivity contribution in [2.75, 3.05) is 11.5 Å². The fourth-order valence-electron chi connectivity index (χ4n) is 5.98. The van der Waals surface area contributed by atoms with Gasteiger partial charge in [-0.1, -0.05) is 84.6 Å². The first-order valence-electron chi connectivity index (χ1n) is 15.2. The third kappa shape index (κ3) is 5.63. The van der Waals surface area contributed by atoms with Crippen LogP contribution in [0.15, 0.2) is 94.8 Å². The molecule has 4 aromatic carbocycles. The van der Waals surface area contributed by atoms with Gasteiger partial charge in [0.2, 0.25) is 5.13 Å². The lowest BCUT2D eigenvalue weighted by Gasteiger charge is -2.23. The zero-order valence-electron chi connectivity index (χ0n) is 25.3. The molecule has 1 saturated heterocycles. The number of hydrogen-bond donors (Lipinski definition) is 1. The first kappa shape index (κ1) is 30.0. The van der Waals surface area contributed by atoms with Crippen LogP contribution in [0.1, 0.15) is 48.6 Å². The standard InChI is InChI=1S/C36H31N3O5S2/c1-3-16-43-27-12-7-10-23(19-27)31-30(32(40)24-14-15-29-26(18-24)17-21(2)44-29)33(41)34(42)39(31)35-37-38-36(46-35)45-20-25-11-6-9-22-8-4-5-13-28(22)25/h4-15,18-19,21,31,40H,3,16-17,20H2,1-2H3/b32-30+/t21-,31-/m0/s1. The Morgan fingerprint density at radius 3 is 2.74 bits per heavy atom. The molecule has 5 aromatic rings. The lowest BCUT2D eigenvalue weighted by atomic mass is 9.94. The summed E-state index contributed by atoms with van der Waals surface area (Å²) in [6.07, 6.45) is 1.54. The maximum absolute atomic E-state index is 13.8. The molecule has 3 heterocycles. The first-order valence-corrected chi connectivity index (χ1v) is 17.0. The zero-order valence-corrected chi connectivity index (χ0v) is 26.9. The second kappa shape index (κ2) is 12.6. The molecule has 0 radical (unpaired) electrons. The highest BCUT2D eigenvalue weighted by molar-refractivity contribution is 8.00. The number of anilines is 1. The van der Waals surface area contributed by atoms with Crippen LogP contribution >= 0.6 is 23.1 Å². The van der Waals surface area contributed by atoms with E-state index >= 15 is 0 Å². The molecule has 0 bridgehead atoms. The molecule has 2 atom stereocenters. The molecule has 2 aliphatic rings. The average molecular weight is 650 g/mol. The van der Waals surface area contributed by atoms with Gasteiger partial charge in [-0.3, -0.25) is 14.5 Å². The number of carbonyl (C=O) groups is 2. The minimum atomic E-state index is -0.933. The number of carbonyl (C=O) groups excluding carboxylic acids is 2. The molecule has 10 heteroatoms. The number of rotatable bonds is 9. The van der Waals surface area contributed by atoms with E-state index in [0.717, 1.165) is 23.1 Å². The van der Waals surface area contributed by atoms with Crippen LogP contribution in [0.3, 0.4) is 0 Å². The van der Waals surface area contributed by atoms with Crippen LogP contribution in [0.2, 0.25) is 0 Å². The summed E-state index contributed by atoms with van der Waals surface area (Å²) < 4.78 is 12.4. The van der Waals surface area contributed by atoms with Crippen molar-refractivity contribution in [2.24, 2.45) is 0 Å². The van der Waals surface area contributed by atoms with Crippen molar-refractivity contribution in [3.05, 3.63) is 113 Å². The van der Waals surface area contributed by atoms with Gasteiger partial charge in [0, 0.05) is 17.7 Å². The number of ether oxygens (including phenoxy) is 2. The average Bonchev–Trinajstić information content (AvgIpc) is 3.77. The van der Waals surface area contributed by atoms with Gasteiger partial charge in [0.1, 0.15) is 23.4 Å². The van der Waals surface area contributed by atoms with Gasteiger partial charge < -0.3 is 14.6 Å². The van der Waals surface area contributed by atoms with Crippen LogP contribution in [-0.4, -0.2) is 39.7 Å². The summed E-state index contributed by atoms with van der Waals surface area (Å²) >= 11 is 2.77. The summed E-state index contributed by atoms with van der Waals surface area (Å²) in [6, 6.07) is 26.1. The number of aromatic nitrogens is 2. The Morgan fingerprint density at radius 1 is 1.04 bits per heavy atom. The van der Waals surface area contributed by atoms with E-state index in [4.69, 9.17) is 9.47 Å². The van der Waals surface area contributed by atoms with E-state index in [9.17, 15) is 14.7 Å². The molecule has 7 rings (SSSR count). The first-order chi connectivity index (χ1) is 22.4. The van der Waals surface area contributed by atoms with E-state index < -0.39 is 17.7 Å². The number of amides is 1. The van der Waals surface area contributed by atoms with E-state index in [0.29, 0.717) is 40.0 Å². The Labute approximate surface area is 274 Å². The van der Waals surface area contributed by atoms with Crippen molar-refractivity contribution in [1.29, 1.82) is 0 Å². The number of aliphatic hydroxyl groups excluding tert-OH is 1. The van der Waals surface area contributed by atoms with Crippen LogP contribution in [-0.2, 0) is 21.8 Å². The maximum atomic E-state index is 13.8.